The van der Waals surface area contributed by atoms with Crippen LogP contribution in [0.2, 0.25) is 0 Å². The van der Waals surface area contributed by atoms with Crippen LogP contribution in [0.3, 0.4) is 0 Å². The van der Waals surface area contributed by atoms with Gasteiger partial charge >= 0.3 is 0 Å². The van der Waals surface area contributed by atoms with Crippen molar-refractivity contribution in [1.29, 1.82) is 0 Å². The number of rotatable bonds is 2. The monoisotopic (exact) mass is 256 g/mol. The van der Waals surface area contributed by atoms with Crippen LogP contribution in [-0.2, 0) is 10.0 Å². The van der Waals surface area contributed by atoms with Gasteiger partial charge in [-0.2, -0.15) is 0 Å². The summed E-state index contributed by atoms with van der Waals surface area (Å²) in [5, 5.41) is 0. The molecule has 1 rings (SSSR count). The fourth-order valence-electron chi connectivity index (χ4n) is 1.74. The highest BCUT2D eigenvalue weighted by molar-refractivity contribution is 7.89. The Kier molecular flexibility index (Phi) is 5.05. The molecule has 0 aromatic rings. The number of hydrogen-bond donors (Lipinski definition) is 1. The number of piperidine rings is 1. The molecule has 0 aromatic carbocycles. The van der Waals surface area contributed by atoms with Gasteiger partial charge in [0.15, 0.2) is 0 Å². The average Bonchev–Trinajstić information content (AvgIpc) is 2.09. The Labute approximate surface area is 98.7 Å². The lowest BCUT2D eigenvalue weighted by atomic mass is 9.81. The van der Waals surface area contributed by atoms with Crippen molar-refractivity contribution in [2.24, 2.45) is 11.1 Å². The van der Waals surface area contributed by atoms with Crippen molar-refractivity contribution >= 4 is 22.4 Å². The molecular formula is C9H21ClN2O2S. The fraction of sp³-hybridized carbons (Fsp3) is 1.00. The van der Waals surface area contributed by atoms with E-state index in [0.29, 0.717) is 13.1 Å². The van der Waals surface area contributed by atoms with E-state index in [1.165, 1.54) is 0 Å². The third-order valence-corrected chi connectivity index (χ3v) is 4.86. The Morgan fingerprint density at radius 3 is 2.40 bits per heavy atom. The van der Waals surface area contributed by atoms with E-state index in [9.17, 15) is 8.42 Å². The largest absolute Gasteiger partial charge is 0.327 e. The summed E-state index contributed by atoms with van der Waals surface area (Å²) in [6.45, 7) is 6.84. The number of sulfonamides is 1. The smallest absolute Gasteiger partial charge is 0.213 e. The minimum atomic E-state index is -3.04. The lowest BCUT2D eigenvalue weighted by Crippen LogP contribution is -2.54. The number of hydrogen-bond acceptors (Lipinski definition) is 3. The van der Waals surface area contributed by atoms with Gasteiger partial charge in [0.2, 0.25) is 10.0 Å². The predicted molar refractivity (Wildman–Crippen MR) is 64.7 cm³/mol. The van der Waals surface area contributed by atoms with Crippen molar-refractivity contribution in [3.05, 3.63) is 0 Å². The van der Waals surface area contributed by atoms with Gasteiger partial charge in [0, 0.05) is 19.1 Å². The highest BCUT2D eigenvalue weighted by Gasteiger charge is 2.37. The molecule has 0 bridgehead atoms. The van der Waals surface area contributed by atoms with Gasteiger partial charge in [0.05, 0.1) is 5.75 Å². The molecule has 92 valence electrons. The van der Waals surface area contributed by atoms with Crippen LogP contribution in [0.5, 0.6) is 0 Å². The summed E-state index contributed by atoms with van der Waals surface area (Å²) in [5.41, 5.74) is 5.83. The fourth-order valence-corrected chi connectivity index (χ4v) is 3.02. The first kappa shape index (κ1) is 15.2. The first-order valence-electron chi connectivity index (χ1n) is 5.03. The summed E-state index contributed by atoms with van der Waals surface area (Å²) in [4.78, 5) is 0. The molecule has 0 radical (unpaired) electrons. The van der Waals surface area contributed by atoms with Gasteiger partial charge in [-0.25, -0.2) is 12.7 Å². The van der Waals surface area contributed by atoms with E-state index >= 15 is 0 Å². The quantitative estimate of drug-likeness (QED) is 0.796. The van der Waals surface area contributed by atoms with E-state index in [-0.39, 0.29) is 29.6 Å². The first-order valence-corrected chi connectivity index (χ1v) is 6.64. The standard InChI is InChI=1S/C9H20N2O2S.ClH/c1-4-14(12,13)11-6-5-8(10)9(2,3)7-11;/h8H,4-7,10H2,1-3H3;1H. The Bertz CT molecular complexity index is 303. The number of nitrogens with two attached hydrogens (primary N) is 1. The van der Waals surface area contributed by atoms with E-state index in [2.05, 4.69) is 0 Å². The maximum atomic E-state index is 11.6. The van der Waals surface area contributed by atoms with Crippen LogP contribution in [0.1, 0.15) is 27.2 Å². The Hall–Kier alpha value is 0.160. The van der Waals surface area contributed by atoms with Crippen LogP contribution in [0.25, 0.3) is 0 Å². The first-order chi connectivity index (χ1) is 6.29. The van der Waals surface area contributed by atoms with Crippen molar-refractivity contribution in [3.8, 4) is 0 Å². The molecule has 4 nitrogen and oxygen atoms in total. The third-order valence-electron chi connectivity index (χ3n) is 3.04. The summed E-state index contributed by atoms with van der Waals surface area (Å²) in [6, 6.07) is 0.103. The maximum absolute atomic E-state index is 11.6. The van der Waals surface area contributed by atoms with Crippen LogP contribution in [0, 0.1) is 5.41 Å². The molecule has 0 spiro atoms. The lowest BCUT2D eigenvalue weighted by molar-refractivity contribution is 0.155. The topological polar surface area (TPSA) is 63.4 Å². The van der Waals surface area contributed by atoms with Crippen molar-refractivity contribution in [1.82, 2.24) is 4.31 Å². The second-order valence-corrected chi connectivity index (χ2v) is 6.88. The Morgan fingerprint density at radius 2 is 2.00 bits per heavy atom. The van der Waals surface area contributed by atoms with E-state index < -0.39 is 10.0 Å². The zero-order valence-corrected chi connectivity index (χ0v) is 11.2. The van der Waals surface area contributed by atoms with Crippen molar-refractivity contribution in [2.45, 2.75) is 33.2 Å². The molecule has 1 saturated heterocycles. The molecule has 1 aliphatic rings. The molecule has 15 heavy (non-hydrogen) atoms. The second kappa shape index (κ2) is 4.99. The van der Waals surface area contributed by atoms with E-state index in [4.69, 9.17) is 5.73 Å². The molecule has 2 N–H and O–H groups in total. The molecule has 0 aromatic heterocycles. The number of halogens is 1. The van der Waals surface area contributed by atoms with Gasteiger partial charge in [0.25, 0.3) is 0 Å². The highest BCUT2D eigenvalue weighted by atomic mass is 35.5. The summed E-state index contributed by atoms with van der Waals surface area (Å²) in [7, 11) is -3.04. The van der Waals surface area contributed by atoms with Crippen molar-refractivity contribution in [3.63, 3.8) is 0 Å². The SMILES string of the molecule is CCS(=O)(=O)N1CCC(N)C(C)(C)C1.Cl. The van der Waals surface area contributed by atoms with Crippen LogP contribution >= 0.6 is 12.4 Å². The molecule has 0 aliphatic carbocycles. The summed E-state index contributed by atoms with van der Waals surface area (Å²) < 4.78 is 24.8. The summed E-state index contributed by atoms with van der Waals surface area (Å²) in [5.74, 6) is 0.179. The normalized spacial score (nSPS) is 27.1. The van der Waals surface area contributed by atoms with Gasteiger partial charge in [-0.05, 0) is 18.8 Å². The Morgan fingerprint density at radius 1 is 1.47 bits per heavy atom. The lowest BCUT2D eigenvalue weighted by Gasteiger charge is -2.41. The maximum Gasteiger partial charge on any atom is 0.213 e. The average molecular weight is 257 g/mol. The van der Waals surface area contributed by atoms with E-state index in [1.807, 2.05) is 13.8 Å². The zero-order valence-electron chi connectivity index (χ0n) is 9.56. The number of nitrogens with zero attached hydrogens (tertiary/aromatic N) is 1. The van der Waals surface area contributed by atoms with Gasteiger partial charge in [-0.1, -0.05) is 13.8 Å². The van der Waals surface area contributed by atoms with Gasteiger partial charge in [-0.3, -0.25) is 0 Å². The molecule has 1 heterocycles. The molecule has 1 aliphatic heterocycles. The molecular weight excluding hydrogens is 236 g/mol. The van der Waals surface area contributed by atoms with E-state index in [1.54, 1.807) is 11.2 Å². The summed E-state index contributed by atoms with van der Waals surface area (Å²) >= 11 is 0. The zero-order chi connectivity index (χ0) is 11.0. The van der Waals surface area contributed by atoms with Gasteiger partial charge in [0.1, 0.15) is 0 Å². The highest BCUT2D eigenvalue weighted by Crippen LogP contribution is 2.29. The molecule has 6 heteroatoms. The predicted octanol–water partition coefficient (Wildman–Crippen LogP) is 0.817. The third kappa shape index (κ3) is 3.31. The van der Waals surface area contributed by atoms with E-state index in [0.717, 1.165) is 6.42 Å². The van der Waals surface area contributed by atoms with Crippen molar-refractivity contribution in [2.75, 3.05) is 18.8 Å². The second-order valence-electron chi connectivity index (χ2n) is 4.62. The minimum absolute atomic E-state index is 0. The molecule has 1 atom stereocenters. The van der Waals surface area contributed by atoms with Crippen LogP contribution in [0.4, 0.5) is 0 Å². The minimum Gasteiger partial charge on any atom is -0.327 e. The van der Waals surface area contributed by atoms with Crippen molar-refractivity contribution < 1.29 is 8.42 Å². The summed E-state index contributed by atoms with van der Waals surface area (Å²) in [6.07, 6.45) is 0.756. The molecule has 0 amide bonds. The molecule has 0 saturated carbocycles. The van der Waals surface area contributed by atoms with Crippen LogP contribution in [-0.4, -0.2) is 37.6 Å². The van der Waals surface area contributed by atoms with Gasteiger partial charge in [-0.15, -0.1) is 12.4 Å². The van der Waals surface area contributed by atoms with Gasteiger partial charge < -0.3 is 5.73 Å². The molecule has 1 fully saturated rings. The molecule has 1 unspecified atom stereocenters. The van der Waals surface area contributed by atoms with Crippen LogP contribution in [0.15, 0.2) is 0 Å². The Balaban J connectivity index is 0.00000196. The van der Waals surface area contributed by atoms with Crippen LogP contribution < -0.4 is 5.73 Å².